The Morgan fingerprint density at radius 1 is 1.00 bits per heavy atom. The van der Waals surface area contributed by atoms with Gasteiger partial charge >= 0.3 is 0 Å². The van der Waals surface area contributed by atoms with Crippen molar-refractivity contribution in [3.63, 3.8) is 0 Å². The summed E-state index contributed by atoms with van der Waals surface area (Å²) in [7, 11) is 0. The molecule has 3 nitrogen and oxygen atoms in total. The number of nitrogens with zero attached hydrogens (tertiary/aromatic N) is 1. The van der Waals surface area contributed by atoms with Crippen LogP contribution in [-0.2, 0) is 4.79 Å². The van der Waals surface area contributed by atoms with Gasteiger partial charge in [-0.15, -0.1) is 0 Å². The van der Waals surface area contributed by atoms with Gasteiger partial charge in [-0.05, 0) is 24.6 Å². The third-order valence-corrected chi connectivity index (χ3v) is 4.25. The molecule has 0 unspecified atom stereocenters. The smallest absolute Gasteiger partial charge is 0.254 e. The van der Waals surface area contributed by atoms with Crippen LogP contribution in [0.5, 0.6) is 0 Å². The molecule has 0 aromatic heterocycles. The molecule has 104 valence electrons. The van der Waals surface area contributed by atoms with Crippen molar-refractivity contribution in [3.8, 4) is 0 Å². The summed E-state index contributed by atoms with van der Waals surface area (Å²) in [5, 5.41) is 3.59. The van der Waals surface area contributed by atoms with E-state index >= 15 is 0 Å². The van der Waals surface area contributed by atoms with Gasteiger partial charge in [-0.2, -0.15) is 0 Å². The van der Waals surface area contributed by atoms with E-state index in [1.54, 1.807) is 0 Å². The lowest BCUT2D eigenvalue weighted by atomic mass is 9.95. The Balaban J connectivity index is 1.86. The molecule has 2 aromatic carbocycles. The lowest BCUT2D eigenvalue weighted by Crippen LogP contribution is -2.44. The average Bonchev–Trinajstić information content (AvgIpc) is 2.83. The van der Waals surface area contributed by atoms with Crippen molar-refractivity contribution in [2.24, 2.45) is 0 Å². The van der Waals surface area contributed by atoms with Crippen molar-refractivity contribution in [1.29, 1.82) is 0 Å². The van der Waals surface area contributed by atoms with E-state index in [2.05, 4.69) is 23.5 Å². The van der Waals surface area contributed by atoms with Gasteiger partial charge in [-0.25, -0.2) is 0 Å². The molecule has 1 N–H and O–H groups in total. The van der Waals surface area contributed by atoms with Crippen LogP contribution in [-0.4, -0.2) is 11.9 Å². The fourth-order valence-corrected chi connectivity index (χ4v) is 3.24. The van der Waals surface area contributed by atoms with Crippen molar-refractivity contribution in [3.05, 3.63) is 71.8 Å². The van der Waals surface area contributed by atoms with Crippen LogP contribution >= 0.6 is 0 Å². The number of hydrogen-bond donors (Lipinski definition) is 1. The second kappa shape index (κ2) is 4.48. The lowest BCUT2D eigenvalue weighted by molar-refractivity contribution is -0.114. The van der Waals surface area contributed by atoms with Gasteiger partial charge in [-0.3, -0.25) is 9.69 Å². The SMILES string of the molecule is CC1=C[C@@H]2[C@H](c3ccccc3)Nc3ccccc3N2C1=O. The molecule has 2 aromatic rings. The van der Waals surface area contributed by atoms with Crippen molar-refractivity contribution in [1.82, 2.24) is 0 Å². The van der Waals surface area contributed by atoms with Crippen molar-refractivity contribution < 1.29 is 4.79 Å². The Labute approximate surface area is 123 Å². The molecule has 3 heteroatoms. The van der Waals surface area contributed by atoms with Gasteiger partial charge in [0.15, 0.2) is 0 Å². The zero-order chi connectivity index (χ0) is 14.4. The minimum absolute atomic E-state index is 0.0369. The summed E-state index contributed by atoms with van der Waals surface area (Å²) in [6, 6.07) is 18.4. The first kappa shape index (κ1) is 12.2. The first-order chi connectivity index (χ1) is 10.3. The van der Waals surface area contributed by atoms with Crippen molar-refractivity contribution in [2.45, 2.75) is 19.0 Å². The number of carbonyl (C=O) groups excluding carboxylic acids is 1. The number of carbonyl (C=O) groups is 1. The summed E-state index contributed by atoms with van der Waals surface area (Å²) < 4.78 is 0. The highest BCUT2D eigenvalue weighted by molar-refractivity contribution is 6.11. The number of para-hydroxylation sites is 2. The minimum atomic E-state index is 0.0369. The summed E-state index contributed by atoms with van der Waals surface area (Å²) in [5.74, 6) is 0.106. The fraction of sp³-hybridized carbons (Fsp3) is 0.167. The maximum absolute atomic E-state index is 12.5. The van der Waals surface area contributed by atoms with Gasteiger partial charge < -0.3 is 5.32 Å². The molecule has 21 heavy (non-hydrogen) atoms. The Morgan fingerprint density at radius 3 is 2.52 bits per heavy atom. The number of anilines is 2. The zero-order valence-corrected chi connectivity index (χ0v) is 11.8. The van der Waals surface area contributed by atoms with Crippen molar-refractivity contribution >= 4 is 17.3 Å². The number of benzene rings is 2. The predicted octanol–water partition coefficient (Wildman–Crippen LogP) is 3.51. The van der Waals surface area contributed by atoms with Gasteiger partial charge in [0, 0.05) is 5.57 Å². The molecule has 1 amide bonds. The molecule has 0 radical (unpaired) electrons. The molecule has 4 rings (SSSR count). The van der Waals surface area contributed by atoms with E-state index in [4.69, 9.17) is 0 Å². The van der Waals surface area contributed by atoms with Crippen LogP contribution in [0.4, 0.5) is 11.4 Å². The average molecular weight is 276 g/mol. The molecule has 2 atom stereocenters. The summed E-state index contributed by atoms with van der Waals surface area (Å²) in [6.45, 7) is 1.89. The quantitative estimate of drug-likeness (QED) is 0.864. The van der Waals surface area contributed by atoms with Gasteiger partial charge in [0.2, 0.25) is 0 Å². The number of fused-ring (bicyclic) bond motifs is 3. The number of hydrogen-bond acceptors (Lipinski definition) is 2. The first-order valence-electron chi connectivity index (χ1n) is 7.18. The van der Waals surface area contributed by atoms with Crippen LogP contribution < -0.4 is 10.2 Å². The summed E-state index contributed by atoms with van der Waals surface area (Å²) in [4.78, 5) is 14.4. The Bertz CT molecular complexity index is 736. The molecule has 0 saturated carbocycles. The highest BCUT2D eigenvalue weighted by atomic mass is 16.2. The molecule has 0 saturated heterocycles. The van der Waals surface area contributed by atoms with Gasteiger partial charge in [0.1, 0.15) is 0 Å². The van der Waals surface area contributed by atoms with E-state index < -0.39 is 0 Å². The summed E-state index contributed by atoms with van der Waals surface area (Å²) >= 11 is 0. The van der Waals surface area contributed by atoms with E-state index in [0.29, 0.717) is 0 Å². The van der Waals surface area contributed by atoms with Crippen LogP contribution in [0.3, 0.4) is 0 Å². The monoisotopic (exact) mass is 276 g/mol. The molecule has 2 aliphatic rings. The largest absolute Gasteiger partial charge is 0.374 e. The van der Waals surface area contributed by atoms with Crippen LogP contribution in [0.1, 0.15) is 18.5 Å². The standard InChI is InChI=1S/C18H16N2O/c1-12-11-16-17(13-7-3-2-4-8-13)19-14-9-5-6-10-15(14)20(16)18(12)21/h2-11,16-17,19H,1H3/t16-,17+/m1/s1. The third-order valence-electron chi connectivity index (χ3n) is 4.25. The maximum Gasteiger partial charge on any atom is 0.254 e. The van der Waals surface area contributed by atoms with Crippen LogP contribution in [0.15, 0.2) is 66.2 Å². The molecule has 0 aliphatic carbocycles. The summed E-state index contributed by atoms with van der Waals surface area (Å²) in [5.41, 5.74) is 3.99. The first-order valence-corrected chi connectivity index (χ1v) is 7.18. The molecule has 2 heterocycles. The number of rotatable bonds is 1. The highest BCUT2D eigenvalue weighted by Crippen LogP contribution is 2.43. The van der Waals surface area contributed by atoms with E-state index in [1.165, 1.54) is 5.56 Å². The Morgan fingerprint density at radius 2 is 1.71 bits per heavy atom. The zero-order valence-electron chi connectivity index (χ0n) is 11.8. The molecule has 2 aliphatic heterocycles. The highest BCUT2D eigenvalue weighted by Gasteiger charge is 2.41. The second-order valence-electron chi connectivity index (χ2n) is 5.57. The predicted molar refractivity (Wildman–Crippen MR) is 84.3 cm³/mol. The molecular formula is C18H16N2O. The third kappa shape index (κ3) is 1.77. The topological polar surface area (TPSA) is 32.3 Å². The van der Waals surface area contributed by atoms with Crippen LogP contribution in [0, 0.1) is 0 Å². The normalized spacial score (nSPS) is 23.2. The summed E-state index contributed by atoms with van der Waals surface area (Å²) in [6.07, 6.45) is 2.07. The Hall–Kier alpha value is -2.55. The lowest BCUT2D eigenvalue weighted by Gasteiger charge is -2.39. The van der Waals surface area contributed by atoms with Crippen molar-refractivity contribution in [2.75, 3.05) is 10.2 Å². The minimum Gasteiger partial charge on any atom is -0.374 e. The van der Waals surface area contributed by atoms with Crippen LogP contribution in [0.2, 0.25) is 0 Å². The molecule has 0 fully saturated rings. The molecule has 0 spiro atoms. The van der Waals surface area contributed by atoms with Crippen LogP contribution in [0.25, 0.3) is 0 Å². The fourth-order valence-electron chi connectivity index (χ4n) is 3.24. The van der Waals surface area contributed by atoms with E-state index in [0.717, 1.165) is 16.9 Å². The van der Waals surface area contributed by atoms with Gasteiger partial charge in [0.25, 0.3) is 5.91 Å². The number of amides is 1. The van der Waals surface area contributed by atoms with E-state index in [-0.39, 0.29) is 18.0 Å². The second-order valence-corrected chi connectivity index (χ2v) is 5.57. The van der Waals surface area contributed by atoms with E-state index in [9.17, 15) is 4.79 Å². The Kier molecular flexibility index (Phi) is 2.61. The van der Waals surface area contributed by atoms with Gasteiger partial charge in [0.05, 0.1) is 23.5 Å². The van der Waals surface area contributed by atoms with E-state index in [1.807, 2.05) is 54.3 Å². The maximum atomic E-state index is 12.5. The molecule has 0 bridgehead atoms. The molecular weight excluding hydrogens is 260 g/mol. The van der Waals surface area contributed by atoms with Gasteiger partial charge in [-0.1, -0.05) is 48.5 Å². The number of nitrogens with one attached hydrogen (secondary N) is 1.